The third-order valence-corrected chi connectivity index (χ3v) is 4.49. The fourth-order valence-corrected chi connectivity index (χ4v) is 2.83. The van der Waals surface area contributed by atoms with Gasteiger partial charge in [0.1, 0.15) is 11.5 Å². The summed E-state index contributed by atoms with van der Waals surface area (Å²) in [6.07, 6.45) is 0.971. The molecule has 2 rings (SSSR count). The molecule has 21 heavy (non-hydrogen) atoms. The van der Waals surface area contributed by atoms with Gasteiger partial charge in [-0.2, -0.15) is 0 Å². The molecule has 1 aliphatic rings. The van der Waals surface area contributed by atoms with Crippen LogP contribution in [0.3, 0.4) is 0 Å². The van der Waals surface area contributed by atoms with Gasteiger partial charge in [-0.15, -0.1) is 0 Å². The van der Waals surface area contributed by atoms with Crippen LogP contribution in [0.2, 0.25) is 5.02 Å². The second-order valence-corrected chi connectivity index (χ2v) is 6.27. The van der Waals surface area contributed by atoms with Crippen LogP contribution in [0.1, 0.15) is 37.7 Å². The lowest BCUT2D eigenvalue weighted by atomic mass is 9.64. The molecule has 0 bridgehead atoms. The number of aromatic nitrogens is 1. The van der Waals surface area contributed by atoms with Crippen LogP contribution in [0.25, 0.3) is 0 Å². The van der Waals surface area contributed by atoms with Gasteiger partial charge in [-0.25, -0.2) is 4.98 Å². The summed E-state index contributed by atoms with van der Waals surface area (Å²) < 4.78 is 5.39. The minimum absolute atomic E-state index is 0.0654. The highest BCUT2D eigenvalue weighted by Gasteiger charge is 2.49. The van der Waals surface area contributed by atoms with Crippen LogP contribution in [0.5, 0.6) is 0 Å². The van der Waals surface area contributed by atoms with Gasteiger partial charge in [0.05, 0.1) is 11.1 Å². The molecule has 1 aromatic heterocycles. The Bertz CT molecular complexity index is 534. The zero-order valence-electron chi connectivity index (χ0n) is 12.9. The molecule has 1 saturated carbocycles. The van der Waals surface area contributed by atoms with E-state index in [0.717, 1.165) is 13.0 Å². The summed E-state index contributed by atoms with van der Waals surface area (Å²) in [6, 6.07) is 3.51. The first-order valence-corrected chi connectivity index (χ1v) is 7.52. The SMILES string of the molecule is CCNc1ccc(Cl)c(C(=O)NC2CC(OC)C2(C)C)n1. The van der Waals surface area contributed by atoms with Gasteiger partial charge < -0.3 is 15.4 Å². The Morgan fingerprint density at radius 2 is 2.24 bits per heavy atom. The molecule has 116 valence electrons. The normalized spacial score (nSPS) is 23.3. The number of anilines is 1. The molecule has 0 radical (unpaired) electrons. The Morgan fingerprint density at radius 3 is 2.81 bits per heavy atom. The van der Waals surface area contributed by atoms with E-state index >= 15 is 0 Å². The van der Waals surface area contributed by atoms with Crippen molar-refractivity contribution in [3.8, 4) is 0 Å². The van der Waals surface area contributed by atoms with Crippen LogP contribution in [-0.4, -0.2) is 36.7 Å². The molecular weight excluding hydrogens is 290 g/mol. The third kappa shape index (κ3) is 3.14. The number of carbonyl (C=O) groups is 1. The molecule has 1 fully saturated rings. The fraction of sp³-hybridized carbons (Fsp3) is 0.600. The molecule has 2 unspecified atom stereocenters. The van der Waals surface area contributed by atoms with Crippen molar-refractivity contribution in [3.05, 3.63) is 22.8 Å². The lowest BCUT2D eigenvalue weighted by Crippen LogP contribution is -2.61. The van der Waals surface area contributed by atoms with E-state index < -0.39 is 0 Å². The van der Waals surface area contributed by atoms with Crippen molar-refractivity contribution >= 4 is 23.3 Å². The van der Waals surface area contributed by atoms with Crippen LogP contribution < -0.4 is 10.6 Å². The summed E-state index contributed by atoms with van der Waals surface area (Å²) in [5, 5.41) is 6.43. The van der Waals surface area contributed by atoms with E-state index in [4.69, 9.17) is 16.3 Å². The number of methoxy groups -OCH3 is 1. The largest absolute Gasteiger partial charge is 0.381 e. The van der Waals surface area contributed by atoms with E-state index in [9.17, 15) is 4.79 Å². The maximum Gasteiger partial charge on any atom is 0.271 e. The molecule has 0 aromatic carbocycles. The second-order valence-electron chi connectivity index (χ2n) is 5.86. The summed E-state index contributed by atoms with van der Waals surface area (Å²) in [6.45, 7) is 6.87. The van der Waals surface area contributed by atoms with Crippen molar-refractivity contribution in [3.63, 3.8) is 0 Å². The molecule has 1 aliphatic carbocycles. The van der Waals surface area contributed by atoms with Crippen LogP contribution in [0.4, 0.5) is 5.82 Å². The topological polar surface area (TPSA) is 63.2 Å². The van der Waals surface area contributed by atoms with Gasteiger partial charge in [0.25, 0.3) is 5.91 Å². The summed E-state index contributed by atoms with van der Waals surface area (Å²) in [5.41, 5.74) is 0.169. The number of hydrogen-bond acceptors (Lipinski definition) is 4. The number of amides is 1. The number of nitrogens with zero attached hydrogens (tertiary/aromatic N) is 1. The predicted octanol–water partition coefficient (Wildman–Crippen LogP) is 2.71. The van der Waals surface area contributed by atoms with E-state index in [-0.39, 0.29) is 29.2 Å². The van der Waals surface area contributed by atoms with Gasteiger partial charge in [0, 0.05) is 25.1 Å². The van der Waals surface area contributed by atoms with E-state index in [1.807, 2.05) is 6.92 Å². The summed E-state index contributed by atoms with van der Waals surface area (Å²) in [7, 11) is 1.70. The highest BCUT2D eigenvalue weighted by molar-refractivity contribution is 6.33. The van der Waals surface area contributed by atoms with E-state index in [1.165, 1.54) is 0 Å². The van der Waals surface area contributed by atoms with Gasteiger partial charge >= 0.3 is 0 Å². The van der Waals surface area contributed by atoms with E-state index in [2.05, 4.69) is 29.5 Å². The van der Waals surface area contributed by atoms with Crippen LogP contribution in [0.15, 0.2) is 12.1 Å². The molecule has 1 aromatic rings. The van der Waals surface area contributed by atoms with Gasteiger partial charge in [-0.3, -0.25) is 4.79 Å². The van der Waals surface area contributed by atoms with E-state index in [0.29, 0.717) is 10.8 Å². The van der Waals surface area contributed by atoms with Crippen molar-refractivity contribution < 1.29 is 9.53 Å². The lowest BCUT2D eigenvalue weighted by Gasteiger charge is -2.51. The minimum atomic E-state index is -0.243. The van der Waals surface area contributed by atoms with Crippen molar-refractivity contribution in [1.82, 2.24) is 10.3 Å². The molecule has 0 spiro atoms. The number of nitrogens with one attached hydrogen (secondary N) is 2. The molecule has 1 heterocycles. The molecule has 0 saturated heterocycles. The van der Waals surface area contributed by atoms with E-state index in [1.54, 1.807) is 19.2 Å². The zero-order chi connectivity index (χ0) is 15.6. The first-order chi connectivity index (χ1) is 9.90. The smallest absolute Gasteiger partial charge is 0.271 e. The molecule has 5 nitrogen and oxygen atoms in total. The monoisotopic (exact) mass is 311 g/mol. The number of ether oxygens (including phenoxy) is 1. The van der Waals surface area contributed by atoms with Crippen molar-refractivity contribution in [1.29, 1.82) is 0 Å². The fourth-order valence-electron chi connectivity index (χ4n) is 2.64. The Morgan fingerprint density at radius 1 is 1.52 bits per heavy atom. The Hall–Kier alpha value is -1.33. The first kappa shape index (κ1) is 16.0. The van der Waals surface area contributed by atoms with Gasteiger partial charge in [-0.05, 0) is 25.5 Å². The Balaban J connectivity index is 2.09. The third-order valence-electron chi connectivity index (χ3n) is 4.19. The van der Waals surface area contributed by atoms with Crippen molar-refractivity contribution in [2.75, 3.05) is 19.0 Å². The summed E-state index contributed by atoms with van der Waals surface area (Å²) >= 11 is 6.09. The van der Waals surface area contributed by atoms with Gasteiger partial charge in [0.15, 0.2) is 0 Å². The maximum absolute atomic E-state index is 12.4. The summed E-state index contributed by atoms with van der Waals surface area (Å²) in [4.78, 5) is 16.7. The molecule has 6 heteroatoms. The minimum Gasteiger partial charge on any atom is -0.381 e. The summed E-state index contributed by atoms with van der Waals surface area (Å²) in [5.74, 6) is 0.405. The van der Waals surface area contributed by atoms with Crippen molar-refractivity contribution in [2.24, 2.45) is 5.41 Å². The number of carbonyl (C=O) groups excluding carboxylic acids is 1. The first-order valence-electron chi connectivity index (χ1n) is 7.14. The standard InChI is InChI=1S/C15H22ClN3O2/c1-5-17-12-7-6-9(16)13(19-12)14(20)18-10-8-11(21-4)15(10,2)3/h6-7,10-11H,5,8H2,1-4H3,(H,17,19)(H,18,20). The molecular formula is C15H22ClN3O2. The van der Waals surface area contributed by atoms with Crippen molar-refractivity contribution in [2.45, 2.75) is 39.3 Å². The average Bonchev–Trinajstić information content (AvgIpc) is 2.45. The molecule has 1 amide bonds. The Labute approximate surface area is 130 Å². The highest BCUT2D eigenvalue weighted by Crippen LogP contribution is 2.42. The average molecular weight is 312 g/mol. The zero-order valence-corrected chi connectivity index (χ0v) is 13.6. The molecule has 2 N–H and O–H groups in total. The number of hydrogen-bond donors (Lipinski definition) is 2. The quantitative estimate of drug-likeness (QED) is 0.877. The van der Waals surface area contributed by atoms with Gasteiger partial charge in [-0.1, -0.05) is 25.4 Å². The number of halogens is 1. The lowest BCUT2D eigenvalue weighted by molar-refractivity contribution is -0.0942. The molecule has 0 aliphatic heterocycles. The highest BCUT2D eigenvalue weighted by atomic mass is 35.5. The predicted molar refractivity (Wildman–Crippen MR) is 83.9 cm³/mol. The Kier molecular flexibility index (Phi) is 4.74. The maximum atomic E-state index is 12.4. The van der Waals surface area contributed by atoms with Crippen LogP contribution >= 0.6 is 11.6 Å². The number of rotatable bonds is 5. The van der Waals surface area contributed by atoms with Gasteiger partial charge in [0.2, 0.25) is 0 Å². The molecule has 2 atom stereocenters. The number of pyridine rings is 1. The van der Waals surface area contributed by atoms with Crippen LogP contribution in [0, 0.1) is 5.41 Å². The van der Waals surface area contributed by atoms with Crippen LogP contribution in [-0.2, 0) is 4.74 Å². The second kappa shape index (κ2) is 6.20.